The first-order valence-corrected chi connectivity index (χ1v) is 6.76. The van der Waals surface area contributed by atoms with Gasteiger partial charge < -0.3 is 4.74 Å². The van der Waals surface area contributed by atoms with Crippen LogP contribution >= 0.6 is 27.3 Å². The van der Waals surface area contributed by atoms with Gasteiger partial charge in [-0.05, 0) is 19.1 Å². The number of halogens is 1. The molecule has 1 heterocycles. The lowest BCUT2D eigenvalue weighted by atomic mass is 10.2. The lowest BCUT2D eigenvalue weighted by Gasteiger charge is -1.97. The molecule has 0 fully saturated rings. The maximum Gasteiger partial charge on any atom is 0.357 e. The molecule has 17 heavy (non-hydrogen) atoms. The Morgan fingerprint density at radius 1 is 1.41 bits per heavy atom. The van der Waals surface area contributed by atoms with Gasteiger partial charge in [-0.3, -0.25) is 0 Å². The molecule has 0 aliphatic rings. The second-order valence-electron chi connectivity index (χ2n) is 3.27. The molecule has 0 unspecified atom stereocenters. The summed E-state index contributed by atoms with van der Waals surface area (Å²) in [4.78, 5) is 15.7. The van der Waals surface area contributed by atoms with E-state index in [9.17, 15) is 4.79 Å². The van der Waals surface area contributed by atoms with Crippen molar-refractivity contribution in [3.05, 3.63) is 39.8 Å². The normalized spacial score (nSPS) is 10.2. The fraction of sp³-hybridized carbons (Fsp3) is 0.167. The topological polar surface area (TPSA) is 39.2 Å². The fourth-order valence-electron chi connectivity index (χ4n) is 1.30. The van der Waals surface area contributed by atoms with Crippen molar-refractivity contribution in [1.82, 2.24) is 4.98 Å². The number of carbonyl (C=O) groups excluding carboxylic acids is 1. The molecule has 88 valence electrons. The summed E-state index contributed by atoms with van der Waals surface area (Å²) in [6.45, 7) is 2.14. The molecule has 0 atom stereocenters. The van der Waals surface area contributed by atoms with Crippen molar-refractivity contribution in [2.75, 3.05) is 6.61 Å². The molecule has 1 aromatic carbocycles. The summed E-state index contributed by atoms with van der Waals surface area (Å²) >= 11 is 4.81. The average molecular weight is 312 g/mol. The predicted octanol–water partition coefficient (Wildman–Crippen LogP) is 3.75. The van der Waals surface area contributed by atoms with Crippen molar-refractivity contribution >= 4 is 33.2 Å². The van der Waals surface area contributed by atoms with Crippen LogP contribution in [0.15, 0.2) is 34.1 Å². The Hall–Kier alpha value is -1.20. The van der Waals surface area contributed by atoms with E-state index >= 15 is 0 Å². The first-order valence-electron chi connectivity index (χ1n) is 5.09. The van der Waals surface area contributed by atoms with Crippen LogP contribution in [0, 0.1) is 0 Å². The van der Waals surface area contributed by atoms with Crippen LogP contribution in [0.4, 0.5) is 0 Å². The van der Waals surface area contributed by atoms with Gasteiger partial charge in [-0.25, -0.2) is 9.78 Å². The molecule has 3 nitrogen and oxygen atoms in total. The standard InChI is InChI=1S/C12H10BrNO2S/c1-2-16-12(15)10-7-17-11(14-10)8-3-5-9(13)6-4-8/h3-7H,2H2,1H3. The van der Waals surface area contributed by atoms with E-state index in [-0.39, 0.29) is 5.97 Å². The van der Waals surface area contributed by atoms with Crippen molar-refractivity contribution in [2.45, 2.75) is 6.92 Å². The van der Waals surface area contributed by atoms with E-state index in [1.165, 1.54) is 11.3 Å². The van der Waals surface area contributed by atoms with Gasteiger partial charge in [0.15, 0.2) is 5.69 Å². The summed E-state index contributed by atoms with van der Waals surface area (Å²) in [5.74, 6) is -0.368. The van der Waals surface area contributed by atoms with Crippen LogP contribution in [-0.2, 0) is 4.74 Å². The molecule has 5 heteroatoms. The maximum absolute atomic E-state index is 11.5. The van der Waals surface area contributed by atoms with Gasteiger partial charge in [0.05, 0.1) is 6.61 Å². The fourth-order valence-corrected chi connectivity index (χ4v) is 2.36. The molecule has 2 aromatic rings. The zero-order valence-electron chi connectivity index (χ0n) is 9.14. The van der Waals surface area contributed by atoms with Crippen LogP contribution in [0.25, 0.3) is 10.6 Å². The number of thiazole rings is 1. The monoisotopic (exact) mass is 311 g/mol. The molecule has 0 bridgehead atoms. The summed E-state index contributed by atoms with van der Waals surface area (Å²) in [5.41, 5.74) is 1.36. The molecule has 0 N–H and O–H groups in total. The first-order chi connectivity index (χ1) is 8.20. The molecule has 2 rings (SSSR count). The summed E-state index contributed by atoms with van der Waals surface area (Å²) in [6.07, 6.45) is 0. The summed E-state index contributed by atoms with van der Waals surface area (Å²) < 4.78 is 5.91. The van der Waals surface area contributed by atoms with E-state index < -0.39 is 0 Å². The van der Waals surface area contributed by atoms with E-state index in [0.29, 0.717) is 12.3 Å². The van der Waals surface area contributed by atoms with Gasteiger partial charge in [0.2, 0.25) is 0 Å². The summed E-state index contributed by atoms with van der Waals surface area (Å²) in [7, 11) is 0. The van der Waals surface area contributed by atoms with Gasteiger partial charge >= 0.3 is 5.97 Å². The molecule has 1 aromatic heterocycles. The molecule has 0 aliphatic carbocycles. The largest absolute Gasteiger partial charge is 0.461 e. The highest BCUT2D eigenvalue weighted by atomic mass is 79.9. The lowest BCUT2D eigenvalue weighted by molar-refractivity contribution is 0.0520. The molecule has 0 saturated carbocycles. The second kappa shape index (κ2) is 5.42. The van der Waals surface area contributed by atoms with E-state index in [1.807, 2.05) is 24.3 Å². The smallest absolute Gasteiger partial charge is 0.357 e. The van der Waals surface area contributed by atoms with Crippen LogP contribution in [0.1, 0.15) is 17.4 Å². The van der Waals surface area contributed by atoms with Crippen LogP contribution in [-0.4, -0.2) is 17.6 Å². The highest BCUT2D eigenvalue weighted by Crippen LogP contribution is 2.25. The van der Waals surface area contributed by atoms with E-state index in [0.717, 1.165) is 15.0 Å². The number of rotatable bonds is 3. The Kier molecular flexibility index (Phi) is 3.91. The maximum atomic E-state index is 11.5. The number of nitrogens with zero attached hydrogens (tertiary/aromatic N) is 1. The third-order valence-electron chi connectivity index (χ3n) is 2.08. The van der Waals surface area contributed by atoms with Gasteiger partial charge in [-0.15, -0.1) is 11.3 Å². The van der Waals surface area contributed by atoms with Gasteiger partial charge in [0.25, 0.3) is 0 Å². The van der Waals surface area contributed by atoms with Crippen LogP contribution in [0.2, 0.25) is 0 Å². The van der Waals surface area contributed by atoms with Crippen LogP contribution in [0.3, 0.4) is 0 Å². The lowest BCUT2D eigenvalue weighted by Crippen LogP contribution is -2.04. The van der Waals surface area contributed by atoms with Crippen LogP contribution < -0.4 is 0 Å². The zero-order valence-corrected chi connectivity index (χ0v) is 11.5. The molecule has 0 aliphatic heterocycles. The minimum absolute atomic E-state index is 0.365. The zero-order chi connectivity index (χ0) is 12.3. The van der Waals surface area contributed by atoms with E-state index in [4.69, 9.17) is 4.74 Å². The molecule has 0 spiro atoms. The number of aromatic nitrogens is 1. The van der Waals surface area contributed by atoms with E-state index in [2.05, 4.69) is 20.9 Å². The summed E-state index contributed by atoms with van der Waals surface area (Å²) in [6, 6.07) is 7.80. The predicted molar refractivity (Wildman–Crippen MR) is 71.2 cm³/mol. The Balaban J connectivity index is 2.23. The number of esters is 1. The quantitative estimate of drug-likeness (QED) is 0.810. The van der Waals surface area contributed by atoms with Crippen molar-refractivity contribution in [2.24, 2.45) is 0 Å². The van der Waals surface area contributed by atoms with Gasteiger partial charge in [0.1, 0.15) is 5.01 Å². The molecule has 0 radical (unpaired) electrons. The van der Waals surface area contributed by atoms with Crippen molar-refractivity contribution in [1.29, 1.82) is 0 Å². The molecule has 0 amide bonds. The van der Waals surface area contributed by atoms with Crippen molar-refractivity contribution in [3.8, 4) is 10.6 Å². The number of ether oxygens (including phenoxy) is 1. The Labute approximate surface area is 112 Å². The molecule has 0 saturated heterocycles. The van der Waals surface area contributed by atoms with Crippen molar-refractivity contribution < 1.29 is 9.53 Å². The highest BCUT2D eigenvalue weighted by molar-refractivity contribution is 9.10. The third-order valence-corrected chi connectivity index (χ3v) is 3.50. The highest BCUT2D eigenvalue weighted by Gasteiger charge is 2.12. The molecular weight excluding hydrogens is 302 g/mol. The number of benzene rings is 1. The Bertz CT molecular complexity index is 522. The third kappa shape index (κ3) is 2.92. The molecular formula is C12H10BrNO2S. The number of carbonyl (C=O) groups is 1. The van der Waals surface area contributed by atoms with Crippen molar-refractivity contribution in [3.63, 3.8) is 0 Å². The first kappa shape index (κ1) is 12.3. The van der Waals surface area contributed by atoms with Gasteiger partial charge in [-0.1, -0.05) is 28.1 Å². The van der Waals surface area contributed by atoms with Gasteiger partial charge in [0, 0.05) is 15.4 Å². The number of hydrogen-bond donors (Lipinski definition) is 0. The van der Waals surface area contributed by atoms with E-state index in [1.54, 1.807) is 12.3 Å². The summed E-state index contributed by atoms with van der Waals surface area (Å²) in [5, 5.41) is 2.54. The minimum Gasteiger partial charge on any atom is -0.461 e. The minimum atomic E-state index is -0.368. The Morgan fingerprint density at radius 2 is 2.12 bits per heavy atom. The SMILES string of the molecule is CCOC(=O)c1csc(-c2ccc(Br)cc2)n1. The van der Waals surface area contributed by atoms with Gasteiger partial charge in [-0.2, -0.15) is 0 Å². The average Bonchev–Trinajstić information content (AvgIpc) is 2.80. The number of hydrogen-bond acceptors (Lipinski definition) is 4. The Morgan fingerprint density at radius 3 is 2.76 bits per heavy atom. The second-order valence-corrected chi connectivity index (χ2v) is 5.04. The van der Waals surface area contributed by atoms with Crippen LogP contribution in [0.5, 0.6) is 0 Å².